The number of imidazole rings is 1. The van der Waals surface area contributed by atoms with Crippen molar-refractivity contribution in [3.05, 3.63) is 47.9 Å². The highest BCUT2D eigenvalue weighted by Gasteiger charge is 2.59. The number of pyridine rings is 2. The molecular weight excluding hydrogens is 361 g/mol. The first kappa shape index (κ1) is 17.8. The molecule has 26 heavy (non-hydrogen) atoms. The average molecular weight is 371 g/mol. The van der Waals surface area contributed by atoms with Gasteiger partial charge >= 0.3 is 18.1 Å². The third-order valence-corrected chi connectivity index (χ3v) is 3.75. The first-order valence-electron chi connectivity index (χ1n) is 7.10. The maximum absolute atomic E-state index is 14.1. The van der Waals surface area contributed by atoms with Gasteiger partial charge in [0.25, 0.3) is 0 Å². The topological polar surface area (TPSA) is 67.5 Å². The minimum absolute atomic E-state index is 0.0440. The Kier molecular flexibility index (Phi) is 3.75. The zero-order chi connectivity index (χ0) is 19.4. The summed E-state index contributed by atoms with van der Waals surface area (Å²) in [4.78, 5) is 18.9. The number of nitrogens with zero attached hydrogens (tertiary/aromatic N) is 3. The molecule has 0 aliphatic heterocycles. The molecule has 0 atom stereocenters. The summed E-state index contributed by atoms with van der Waals surface area (Å²) in [6.45, 7) is 4.93. The molecule has 1 N–H and O–H groups in total. The number of halogens is 5. The molecule has 0 aliphatic rings. The highest BCUT2D eigenvalue weighted by Crippen LogP contribution is 2.46. The van der Waals surface area contributed by atoms with Gasteiger partial charge in [0.2, 0.25) is 0 Å². The highest BCUT2D eigenvalue weighted by atomic mass is 19.4. The summed E-state index contributed by atoms with van der Waals surface area (Å²) < 4.78 is 67.9. The number of hydrogen-bond donors (Lipinski definition) is 1. The van der Waals surface area contributed by atoms with Crippen LogP contribution < -0.4 is 0 Å². The molecule has 0 unspecified atom stereocenters. The molecule has 3 heterocycles. The van der Waals surface area contributed by atoms with E-state index >= 15 is 0 Å². The van der Waals surface area contributed by atoms with Crippen LogP contribution in [0.5, 0.6) is 0 Å². The van der Waals surface area contributed by atoms with Crippen LogP contribution in [0.1, 0.15) is 28.7 Å². The van der Waals surface area contributed by atoms with E-state index in [2.05, 4.69) is 16.5 Å². The third-order valence-electron chi connectivity index (χ3n) is 3.75. The van der Waals surface area contributed by atoms with Gasteiger partial charge in [0.1, 0.15) is 11.3 Å². The molecule has 3 aromatic rings. The van der Waals surface area contributed by atoms with Gasteiger partial charge in [-0.15, -0.1) is 0 Å². The maximum atomic E-state index is 14.1. The number of rotatable bonds is 3. The number of carboxylic acids is 1. The standard InChI is InChI=1S/C16H10F5N3O2/c1-7(2)10-5-9(15(17,18)16(19,20)21)8-3-4-12-22-11(14(25)26)6-24(12)13(8)23-10/h3-6H,1H2,2H3,(H,25,26). The van der Waals surface area contributed by atoms with Crippen LogP contribution in [0.2, 0.25) is 0 Å². The van der Waals surface area contributed by atoms with Gasteiger partial charge in [0.15, 0.2) is 5.69 Å². The summed E-state index contributed by atoms with van der Waals surface area (Å²) in [6, 6.07) is 2.79. The average Bonchev–Trinajstić information content (AvgIpc) is 2.97. The van der Waals surface area contributed by atoms with Crippen molar-refractivity contribution in [3.8, 4) is 0 Å². The summed E-state index contributed by atoms with van der Waals surface area (Å²) in [5, 5.41) is 8.54. The second-order valence-electron chi connectivity index (χ2n) is 5.64. The molecule has 0 saturated carbocycles. The van der Waals surface area contributed by atoms with E-state index in [4.69, 9.17) is 5.11 Å². The van der Waals surface area contributed by atoms with Gasteiger partial charge < -0.3 is 5.11 Å². The van der Waals surface area contributed by atoms with Gasteiger partial charge in [-0.3, -0.25) is 4.40 Å². The Hall–Kier alpha value is -3.04. The van der Waals surface area contributed by atoms with Crippen molar-refractivity contribution in [1.82, 2.24) is 14.4 Å². The summed E-state index contributed by atoms with van der Waals surface area (Å²) in [6.07, 6.45) is -4.81. The van der Waals surface area contributed by atoms with Crippen molar-refractivity contribution < 1.29 is 31.9 Å². The number of alkyl halides is 5. The monoisotopic (exact) mass is 371 g/mol. The minimum atomic E-state index is -5.82. The van der Waals surface area contributed by atoms with E-state index in [1.54, 1.807) is 0 Å². The van der Waals surface area contributed by atoms with E-state index in [-0.39, 0.29) is 22.6 Å². The van der Waals surface area contributed by atoms with Gasteiger partial charge in [-0.1, -0.05) is 6.58 Å². The van der Waals surface area contributed by atoms with Gasteiger partial charge in [-0.05, 0) is 30.7 Å². The van der Waals surface area contributed by atoms with E-state index < -0.39 is 34.7 Å². The van der Waals surface area contributed by atoms with Gasteiger partial charge in [-0.2, -0.15) is 22.0 Å². The molecule has 10 heteroatoms. The zero-order valence-electron chi connectivity index (χ0n) is 13.1. The first-order valence-corrected chi connectivity index (χ1v) is 7.10. The van der Waals surface area contributed by atoms with Crippen LogP contribution in [0.3, 0.4) is 0 Å². The number of fused-ring (bicyclic) bond motifs is 3. The lowest BCUT2D eigenvalue weighted by atomic mass is 10.0. The lowest BCUT2D eigenvalue weighted by Crippen LogP contribution is -2.34. The fourth-order valence-electron chi connectivity index (χ4n) is 2.46. The summed E-state index contributed by atoms with van der Waals surface area (Å²) in [7, 11) is 0. The predicted molar refractivity (Wildman–Crippen MR) is 82.1 cm³/mol. The second-order valence-corrected chi connectivity index (χ2v) is 5.64. The molecule has 0 aromatic carbocycles. The Labute approximate surface area is 142 Å². The van der Waals surface area contributed by atoms with Crippen molar-refractivity contribution in [2.75, 3.05) is 0 Å². The van der Waals surface area contributed by atoms with Crippen molar-refractivity contribution in [2.45, 2.75) is 19.0 Å². The lowest BCUT2D eigenvalue weighted by Gasteiger charge is -2.22. The molecule has 0 radical (unpaired) electrons. The Morgan fingerprint density at radius 2 is 1.81 bits per heavy atom. The lowest BCUT2D eigenvalue weighted by molar-refractivity contribution is -0.288. The van der Waals surface area contributed by atoms with Crippen molar-refractivity contribution in [1.29, 1.82) is 0 Å². The molecule has 136 valence electrons. The maximum Gasteiger partial charge on any atom is 0.458 e. The summed E-state index contributed by atoms with van der Waals surface area (Å²) in [5.41, 5.74) is -1.93. The van der Waals surface area contributed by atoms with Crippen molar-refractivity contribution in [3.63, 3.8) is 0 Å². The zero-order valence-corrected chi connectivity index (χ0v) is 13.1. The number of carboxylic acid groups (broad SMARTS) is 1. The number of allylic oxidation sites excluding steroid dienone is 1. The molecule has 0 amide bonds. The molecule has 0 saturated heterocycles. The molecule has 0 bridgehead atoms. The normalized spacial score (nSPS) is 12.7. The van der Waals surface area contributed by atoms with Crippen LogP contribution in [-0.4, -0.2) is 31.6 Å². The fourth-order valence-corrected chi connectivity index (χ4v) is 2.46. The number of aromatic carboxylic acids is 1. The van der Waals surface area contributed by atoms with Crippen molar-refractivity contribution in [2.24, 2.45) is 0 Å². The fraction of sp³-hybridized carbons (Fsp3) is 0.188. The summed E-state index contributed by atoms with van der Waals surface area (Å²) >= 11 is 0. The molecule has 3 rings (SSSR count). The molecule has 0 spiro atoms. The quantitative estimate of drug-likeness (QED) is 0.699. The van der Waals surface area contributed by atoms with Gasteiger partial charge in [0.05, 0.1) is 5.69 Å². The smallest absolute Gasteiger partial charge is 0.458 e. The highest BCUT2D eigenvalue weighted by molar-refractivity contribution is 5.89. The Morgan fingerprint density at radius 1 is 1.15 bits per heavy atom. The van der Waals surface area contributed by atoms with Crippen LogP contribution in [0.25, 0.3) is 22.3 Å². The second kappa shape index (κ2) is 5.48. The van der Waals surface area contributed by atoms with Crippen LogP contribution in [-0.2, 0) is 5.92 Å². The third kappa shape index (κ3) is 2.57. The van der Waals surface area contributed by atoms with Crippen molar-refractivity contribution >= 4 is 28.2 Å². The van der Waals surface area contributed by atoms with Crippen LogP contribution in [0.15, 0.2) is 31.0 Å². The molecule has 0 fully saturated rings. The molecule has 0 aliphatic carbocycles. The Bertz CT molecular complexity index is 1070. The van der Waals surface area contributed by atoms with E-state index in [0.717, 1.165) is 22.7 Å². The SMILES string of the molecule is C=C(C)c1cc(C(F)(F)C(F)(F)F)c2ccc3nc(C(=O)O)cn3c2n1. The largest absolute Gasteiger partial charge is 0.476 e. The first-order chi connectivity index (χ1) is 11.9. The number of aromatic nitrogens is 3. The summed E-state index contributed by atoms with van der Waals surface area (Å²) in [5.74, 6) is -6.51. The van der Waals surface area contributed by atoms with Crippen LogP contribution >= 0.6 is 0 Å². The van der Waals surface area contributed by atoms with Gasteiger partial charge in [-0.25, -0.2) is 14.8 Å². The predicted octanol–water partition coefficient (Wildman–Crippen LogP) is 4.27. The van der Waals surface area contributed by atoms with E-state index in [0.29, 0.717) is 6.07 Å². The van der Waals surface area contributed by atoms with E-state index in [1.807, 2.05) is 0 Å². The molecule has 5 nitrogen and oxygen atoms in total. The molecular formula is C16H10F5N3O2. The molecule has 3 aromatic heterocycles. The van der Waals surface area contributed by atoms with Gasteiger partial charge in [0, 0.05) is 17.1 Å². The minimum Gasteiger partial charge on any atom is -0.476 e. The Balaban J connectivity index is 2.47. The number of carbonyl (C=O) groups is 1. The van der Waals surface area contributed by atoms with E-state index in [9.17, 15) is 26.7 Å². The Morgan fingerprint density at radius 3 is 2.35 bits per heavy atom. The number of hydrogen-bond acceptors (Lipinski definition) is 3. The van der Waals surface area contributed by atoms with Crippen LogP contribution in [0.4, 0.5) is 22.0 Å². The van der Waals surface area contributed by atoms with E-state index in [1.165, 1.54) is 6.92 Å². The van der Waals surface area contributed by atoms with Crippen LogP contribution in [0, 0.1) is 0 Å².